The molecule has 9 nitrogen and oxygen atoms in total. The number of imidazole rings is 1. The second kappa shape index (κ2) is 9.21. The Bertz CT molecular complexity index is 1460. The van der Waals surface area contributed by atoms with E-state index in [0.717, 1.165) is 67.5 Å². The number of aryl methyl sites for hydroxylation is 1. The quantitative estimate of drug-likeness (QED) is 0.431. The van der Waals surface area contributed by atoms with Crippen molar-refractivity contribution < 1.29 is 12.8 Å². The molecule has 11 heteroatoms. The van der Waals surface area contributed by atoms with Crippen molar-refractivity contribution in [2.45, 2.75) is 37.0 Å². The molecule has 4 heterocycles. The van der Waals surface area contributed by atoms with Crippen LogP contribution in [0.5, 0.6) is 0 Å². The molecule has 0 atom stereocenters. The van der Waals surface area contributed by atoms with Crippen LogP contribution in [0.3, 0.4) is 0 Å². The molecule has 0 aliphatic carbocycles. The van der Waals surface area contributed by atoms with Crippen molar-refractivity contribution in [2.75, 3.05) is 29.6 Å². The van der Waals surface area contributed by atoms with Crippen molar-refractivity contribution in [3.8, 4) is 0 Å². The van der Waals surface area contributed by atoms with Crippen LogP contribution in [-0.4, -0.2) is 52.1 Å². The van der Waals surface area contributed by atoms with Gasteiger partial charge < -0.3 is 10.2 Å². The average Bonchev–Trinajstić information content (AvgIpc) is 3.29. The number of benzene rings is 1. The van der Waals surface area contributed by atoms with Gasteiger partial charge in [-0.2, -0.15) is 0 Å². The van der Waals surface area contributed by atoms with Gasteiger partial charge in [0.1, 0.15) is 22.1 Å². The highest BCUT2D eigenvalue weighted by Crippen LogP contribution is 2.31. The first kappa shape index (κ1) is 23.2. The maximum atomic E-state index is 14.3. The number of anilines is 3. The monoisotopic (exact) mass is 495 g/mol. The number of nitrogens with one attached hydrogen (secondary N) is 1. The minimum atomic E-state index is -3.64. The first-order valence-electron chi connectivity index (χ1n) is 11.5. The van der Waals surface area contributed by atoms with Crippen molar-refractivity contribution in [1.29, 1.82) is 0 Å². The minimum Gasteiger partial charge on any atom is -0.341 e. The van der Waals surface area contributed by atoms with Gasteiger partial charge in [0.05, 0.1) is 6.20 Å². The normalized spacial score (nSPS) is 15.0. The fourth-order valence-electron chi connectivity index (χ4n) is 4.39. The maximum Gasteiger partial charge on any atom is 0.225 e. The number of hydrogen-bond acceptors (Lipinski definition) is 8. The molecule has 0 amide bonds. The molecule has 1 aromatic carbocycles. The lowest BCUT2D eigenvalue weighted by Crippen LogP contribution is -2.34. The number of nitrogens with zero attached hydrogens (tertiary/aromatic N) is 6. The summed E-state index contributed by atoms with van der Waals surface area (Å²) in [7, 11) is -3.64. The summed E-state index contributed by atoms with van der Waals surface area (Å²) in [6.07, 6.45) is 12.8. The van der Waals surface area contributed by atoms with Crippen molar-refractivity contribution in [2.24, 2.45) is 0 Å². The summed E-state index contributed by atoms with van der Waals surface area (Å²) in [5.74, 6) is 1.69. The topological polar surface area (TPSA) is 105 Å². The lowest BCUT2D eigenvalue weighted by Gasteiger charge is -2.31. The SMILES string of the molecule is CCc1cnc(N2CCC(c3ncc4c(Nc5ccc(S(C)(=O)=O)c(F)c5)nccn34)CC2)nc1. The Morgan fingerprint density at radius 1 is 1.09 bits per heavy atom. The third kappa shape index (κ3) is 4.68. The van der Waals surface area contributed by atoms with Gasteiger partial charge in [0, 0.05) is 55.7 Å². The van der Waals surface area contributed by atoms with Gasteiger partial charge in [-0.3, -0.25) is 4.40 Å². The van der Waals surface area contributed by atoms with Crippen LogP contribution in [0.1, 0.15) is 37.1 Å². The Kier molecular flexibility index (Phi) is 6.10. The van der Waals surface area contributed by atoms with Gasteiger partial charge in [0.15, 0.2) is 15.7 Å². The van der Waals surface area contributed by atoms with E-state index in [0.29, 0.717) is 11.5 Å². The number of hydrogen-bond donors (Lipinski definition) is 1. The molecule has 1 aliphatic rings. The predicted molar refractivity (Wildman–Crippen MR) is 131 cm³/mol. The Labute approximate surface area is 203 Å². The van der Waals surface area contributed by atoms with Crippen LogP contribution in [0.2, 0.25) is 0 Å². The van der Waals surface area contributed by atoms with Crippen molar-refractivity contribution in [1.82, 2.24) is 24.3 Å². The molecule has 1 saturated heterocycles. The molecule has 0 unspecified atom stereocenters. The van der Waals surface area contributed by atoms with Gasteiger partial charge in [0.25, 0.3) is 0 Å². The third-order valence-corrected chi connectivity index (χ3v) is 7.45. The van der Waals surface area contributed by atoms with E-state index in [2.05, 4.69) is 37.1 Å². The molecule has 35 heavy (non-hydrogen) atoms. The second-order valence-corrected chi connectivity index (χ2v) is 10.7. The van der Waals surface area contributed by atoms with Crippen LogP contribution in [0.25, 0.3) is 5.52 Å². The molecule has 1 fully saturated rings. The molecule has 0 bridgehead atoms. The van der Waals surface area contributed by atoms with Crippen molar-refractivity contribution >= 4 is 32.8 Å². The summed E-state index contributed by atoms with van der Waals surface area (Å²) in [6.45, 7) is 3.77. The third-order valence-electron chi connectivity index (χ3n) is 6.32. The van der Waals surface area contributed by atoms with E-state index in [1.54, 1.807) is 12.4 Å². The van der Waals surface area contributed by atoms with E-state index in [9.17, 15) is 12.8 Å². The van der Waals surface area contributed by atoms with E-state index in [1.165, 1.54) is 12.1 Å². The number of rotatable bonds is 6. The zero-order chi connectivity index (χ0) is 24.6. The summed E-state index contributed by atoms with van der Waals surface area (Å²) in [5, 5.41) is 3.09. The smallest absolute Gasteiger partial charge is 0.225 e. The molecular formula is C24H26FN7O2S. The van der Waals surface area contributed by atoms with Crippen molar-refractivity contribution in [3.05, 3.63) is 66.4 Å². The molecule has 0 radical (unpaired) electrons. The Morgan fingerprint density at radius 2 is 1.83 bits per heavy atom. The van der Waals surface area contributed by atoms with Gasteiger partial charge in [0.2, 0.25) is 5.95 Å². The lowest BCUT2D eigenvalue weighted by molar-refractivity contribution is 0.479. The number of halogens is 1. The minimum absolute atomic E-state index is 0.269. The second-order valence-electron chi connectivity index (χ2n) is 8.70. The highest BCUT2D eigenvalue weighted by molar-refractivity contribution is 7.90. The maximum absolute atomic E-state index is 14.3. The molecule has 5 rings (SSSR count). The van der Waals surface area contributed by atoms with Crippen LogP contribution in [-0.2, 0) is 16.3 Å². The fraction of sp³-hybridized carbons (Fsp3) is 0.333. The number of sulfone groups is 1. The van der Waals surface area contributed by atoms with E-state index in [-0.39, 0.29) is 10.8 Å². The molecule has 1 N–H and O–H groups in total. The van der Waals surface area contributed by atoms with E-state index in [1.807, 2.05) is 23.0 Å². The zero-order valence-corrected chi connectivity index (χ0v) is 20.3. The Balaban J connectivity index is 1.33. The first-order chi connectivity index (χ1) is 16.8. The molecule has 3 aromatic heterocycles. The van der Waals surface area contributed by atoms with Crippen LogP contribution in [0.15, 0.2) is 54.1 Å². The van der Waals surface area contributed by atoms with Crippen LogP contribution >= 0.6 is 0 Å². The standard InChI is InChI=1S/C24H26FN7O2S/c1-3-16-13-28-24(29-14-16)31-9-6-17(7-10-31)23-27-15-20-22(26-8-11-32(20)23)30-18-4-5-21(19(25)12-18)35(2,33)34/h4-5,8,11-15,17H,3,6-7,9-10H2,1-2H3,(H,26,30). The van der Waals surface area contributed by atoms with Gasteiger partial charge in [-0.1, -0.05) is 6.92 Å². The Hall–Kier alpha value is -3.60. The van der Waals surface area contributed by atoms with Gasteiger partial charge >= 0.3 is 0 Å². The van der Waals surface area contributed by atoms with Crippen LogP contribution in [0, 0.1) is 5.82 Å². The molecule has 1 aliphatic heterocycles. The van der Waals surface area contributed by atoms with E-state index >= 15 is 0 Å². The molecular weight excluding hydrogens is 469 g/mol. The summed E-state index contributed by atoms with van der Waals surface area (Å²) in [5.41, 5.74) is 2.29. The van der Waals surface area contributed by atoms with Gasteiger partial charge in [-0.05, 0) is 43.0 Å². The number of aromatic nitrogens is 5. The zero-order valence-electron chi connectivity index (χ0n) is 19.5. The summed E-state index contributed by atoms with van der Waals surface area (Å²) in [4.78, 5) is 20.0. The molecule has 182 valence electrons. The van der Waals surface area contributed by atoms with Crippen LogP contribution < -0.4 is 10.2 Å². The summed E-state index contributed by atoms with van der Waals surface area (Å²) >= 11 is 0. The fourth-order valence-corrected chi connectivity index (χ4v) is 5.12. The molecule has 0 saturated carbocycles. The number of fused-ring (bicyclic) bond motifs is 1. The molecule has 4 aromatic rings. The lowest BCUT2D eigenvalue weighted by atomic mass is 9.96. The number of piperidine rings is 1. The Morgan fingerprint density at radius 3 is 2.49 bits per heavy atom. The highest BCUT2D eigenvalue weighted by atomic mass is 32.2. The average molecular weight is 496 g/mol. The van der Waals surface area contributed by atoms with Gasteiger partial charge in [-0.15, -0.1) is 0 Å². The van der Waals surface area contributed by atoms with E-state index < -0.39 is 15.7 Å². The summed E-state index contributed by atoms with van der Waals surface area (Å²) < 4.78 is 39.7. The first-order valence-corrected chi connectivity index (χ1v) is 13.4. The van der Waals surface area contributed by atoms with Crippen molar-refractivity contribution in [3.63, 3.8) is 0 Å². The van der Waals surface area contributed by atoms with Gasteiger partial charge in [-0.25, -0.2) is 32.7 Å². The predicted octanol–water partition coefficient (Wildman–Crippen LogP) is 3.75. The highest BCUT2D eigenvalue weighted by Gasteiger charge is 2.25. The van der Waals surface area contributed by atoms with Crippen LogP contribution in [0.4, 0.5) is 21.8 Å². The summed E-state index contributed by atoms with van der Waals surface area (Å²) in [6, 6.07) is 3.93. The molecule has 0 spiro atoms. The van der Waals surface area contributed by atoms with E-state index in [4.69, 9.17) is 0 Å². The largest absolute Gasteiger partial charge is 0.341 e.